The molecule has 0 aromatic heterocycles. The molecule has 6 nitrogen and oxygen atoms in total. The van der Waals surface area contributed by atoms with E-state index in [-0.39, 0.29) is 11.7 Å². The van der Waals surface area contributed by atoms with Gasteiger partial charge in [0, 0.05) is 27.1 Å². The van der Waals surface area contributed by atoms with E-state index in [1.165, 1.54) is 0 Å². The molecule has 0 bridgehead atoms. The molecule has 0 unspecified atom stereocenters. The number of carbonyl (C=O) groups is 1. The fourth-order valence-electron chi connectivity index (χ4n) is 3.29. The van der Waals surface area contributed by atoms with Gasteiger partial charge in [-0.05, 0) is 55.0 Å². The summed E-state index contributed by atoms with van der Waals surface area (Å²) in [6.07, 6.45) is 0. The summed E-state index contributed by atoms with van der Waals surface area (Å²) in [5.41, 5.74) is 4.40. The average Bonchev–Trinajstić information content (AvgIpc) is 3.08. The van der Waals surface area contributed by atoms with Gasteiger partial charge in [0.1, 0.15) is 0 Å². The minimum absolute atomic E-state index is 0.0374. The Labute approximate surface area is 189 Å². The lowest BCUT2D eigenvalue weighted by Gasteiger charge is -2.15. The second kappa shape index (κ2) is 8.56. The van der Waals surface area contributed by atoms with E-state index < -0.39 is 10.0 Å². The van der Waals surface area contributed by atoms with Crippen LogP contribution in [-0.4, -0.2) is 20.1 Å². The van der Waals surface area contributed by atoms with E-state index in [0.29, 0.717) is 28.2 Å². The lowest BCUT2D eigenvalue weighted by molar-refractivity contribution is -0.110. The minimum atomic E-state index is -3.44. The lowest BCUT2D eigenvalue weighted by Crippen LogP contribution is -2.14. The van der Waals surface area contributed by atoms with Gasteiger partial charge in [0.15, 0.2) is 0 Å². The van der Waals surface area contributed by atoms with Crippen molar-refractivity contribution in [3.05, 3.63) is 88.4 Å². The molecule has 0 saturated heterocycles. The smallest absolute Gasteiger partial charge is 0.258 e. The molecule has 0 atom stereocenters. The summed E-state index contributed by atoms with van der Waals surface area (Å²) in [6.45, 7) is 1.57. The average molecular weight is 498 g/mol. The molecule has 3 N–H and O–H groups in total. The van der Waals surface area contributed by atoms with E-state index >= 15 is 0 Å². The van der Waals surface area contributed by atoms with Gasteiger partial charge >= 0.3 is 0 Å². The number of nitrogens with one attached hydrogen (secondary N) is 3. The predicted molar refractivity (Wildman–Crippen MR) is 129 cm³/mol. The van der Waals surface area contributed by atoms with Gasteiger partial charge in [-0.1, -0.05) is 46.3 Å². The molecule has 0 saturated carbocycles. The molecule has 0 radical (unpaired) electrons. The first-order chi connectivity index (χ1) is 14.9. The maximum absolute atomic E-state index is 13.0. The fourth-order valence-corrected chi connectivity index (χ4v) is 4.19. The van der Waals surface area contributed by atoms with Gasteiger partial charge in [0.05, 0.1) is 17.0 Å². The number of hydrogen-bond acceptors (Lipinski definition) is 4. The van der Waals surface area contributed by atoms with Crippen LogP contribution in [0.25, 0.3) is 11.3 Å². The third-order valence-corrected chi connectivity index (χ3v) is 6.68. The van der Waals surface area contributed by atoms with Gasteiger partial charge in [-0.2, -0.15) is 0 Å². The second-order valence-electron chi connectivity index (χ2n) is 6.97. The summed E-state index contributed by atoms with van der Waals surface area (Å²) in [5, 5.41) is 6.25. The SMILES string of the molecule is CCS(=O)(=O)Nc1ccc2c(c1)/C(=C(\Nc1ccc(Br)cc1)c1ccccc1)C(=O)N2. The molecule has 3 aromatic rings. The topological polar surface area (TPSA) is 87.3 Å². The fraction of sp³-hybridized carbons (Fsp3) is 0.0870. The normalized spacial score (nSPS) is 14.6. The molecule has 0 spiro atoms. The van der Waals surface area contributed by atoms with Gasteiger partial charge in [-0.3, -0.25) is 9.52 Å². The van der Waals surface area contributed by atoms with E-state index in [4.69, 9.17) is 0 Å². The van der Waals surface area contributed by atoms with Crippen LogP contribution in [0.2, 0.25) is 0 Å². The van der Waals surface area contributed by atoms with Crippen LogP contribution in [-0.2, 0) is 14.8 Å². The molecule has 4 rings (SSSR count). The minimum Gasteiger partial charge on any atom is -0.354 e. The number of rotatable bonds is 6. The number of halogens is 1. The van der Waals surface area contributed by atoms with Crippen LogP contribution in [0.1, 0.15) is 18.1 Å². The number of anilines is 3. The van der Waals surface area contributed by atoms with Crippen molar-refractivity contribution in [2.75, 3.05) is 21.1 Å². The first-order valence-corrected chi connectivity index (χ1v) is 12.1. The highest BCUT2D eigenvalue weighted by Crippen LogP contribution is 2.39. The Hall–Kier alpha value is -3.10. The summed E-state index contributed by atoms with van der Waals surface area (Å²) in [4.78, 5) is 13.0. The van der Waals surface area contributed by atoms with Crippen molar-refractivity contribution in [1.29, 1.82) is 0 Å². The summed E-state index contributed by atoms with van der Waals surface area (Å²) < 4.78 is 27.5. The van der Waals surface area contributed by atoms with Gasteiger partial charge in [-0.15, -0.1) is 0 Å². The molecule has 0 aliphatic carbocycles. The largest absolute Gasteiger partial charge is 0.354 e. The Morgan fingerprint density at radius 2 is 1.65 bits per heavy atom. The predicted octanol–water partition coefficient (Wildman–Crippen LogP) is 5.14. The Morgan fingerprint density at radius 3 is 2.32 bits per heavy atom. The highest BCUT2D eigenvalue weighted by molar-refractivity contribution is 9.10. The van der Waals surface area contributed by atoms with E-state index in [0.717, 1.165) is 15.7 Å². The third kappa shape index (κ3) is 4.65. The van der Waals surface area contributed by atoms with Crippen molar-refractivity contribution >= 4 is 60.2 Å². The molecule has 31 heavy (non-hydrogen) atoms. The highest BCUT2D eigenvalue weighted by atomic mass is 79.9. The van der Waals surface area contributed by atoms with E-state index in [2.05, 4.69) is 31.3 Å². The van der Waals surface area contributed by atoms with Crippen LogP contribution in [0.15, 0.2) is 77.3 Å². The molecular formula is C23H20BrN3O3S. The highest BCUT2D eigenvalue weighted by Gasteiger charge is 2.29. The van der Waals surface area contributed by atoms with Crippen LogP contribution in [0.3, 0.4) is 0 Å². The first-order valence-electron chi connectivity index (χ1n) is 9.65. The number of carbonyl (C=O) groups excluding carboxylic acids is 1. The molecule has 8 heteroatoms. The van der Waals surface area contributed by atoms with Gasteiger partial charge < -0.3 is 10.6 Å². The Kier molecular flexibility index (Phi) is 5.84. The van der Waals surface area contributed by atoms with E-state index in [1.54, 1.807) is 25.1 Å². The molecule has 1 aliphatic heterocycles. The molecule has 1 amide bonds. The maximum atomic E-state index is 13.0. The third-order valence-electron chi connectivity index (χ3n) is 4.84. The number of fused-ring (bicyclic) bond motifs is 1. The quantitative estimate of drug-likeness (QED) is 0.411. The van der Waals surface area contributed by atoms with Crippen molar-refractivity contribution < 1.29 is 13.2 Å². The number of benzene rings is 3. The van der Waals surface area contributed by atoms with Crippen molar-refractivity contribution in [1.82, 2.24) is 0 Å². The molecule has 1 heterocycles. The molecule has 0 fully saturated rings. The zero-order valence-corrected chi connectivity index (χ0v) is 19.0. The molecular weight excluding hydrogens is 478 g/mol. The van der Waals surface area contributed by atoms with Crippen LogP contribution >= 0.6 is 15.9 Å². The van der Waals surface area contributed by atoms with E-state index in [9.17, 15) is 13.2 Å². The zero-order chi connectivity index (χ0) is 22.0. The first kappa shape index (κ1) is 21.1. The summed E-state index contributed by atoms with van der Waals surface area (Å²) >= 11 is 3.43. The number of hydrogen-bond donors (Lipinski definition) is 3. The van der Waals surface area contributed by atoms with Crippen molar-refractivity contribution in [2.24, 2.45) is 0 Å². The van der Waals surface area contributed by atoms with Crippen molar-refractivity contribution in [3.8, 4) is 0 Å². The zero-order valence-electron chi connectivity index (χ0n) is 16.6. The van der Waals surface area contributed by atoms with Gasteiger partial charge in [-0.25, -0.2) is 8.42 Å². The summed E-state index contributed by atoms with van der Waals surface area (Å²) in [6, 6.07) is 22.2. The van der Waals surface area contributed by atoms with Crippen molar-refractivity contribution in [3.63, 3.8) is 0 Å². The number of amides is 1. The van der Waals surface area contributed by atoms with Crippen LogP contribution in [0.5, 0.6) is 0 Å². The lowest BCUT2D eigenvalue weighted by atomic mass is 9.99. The van der Waals surface area contributed by atoms with Crippen molar-refractivity contribution in [2.45, 2.75) is 6.92 Å². The maximum Gasteiger partial charge on any atom is 0.258 e. The van der Waals surface area contributed by atoms with Crippen LogP contribution < -0.4 is 15.4 Å². The Bertz CT molecular complexity index is 1270. The second-order valence-corrected chi connectivity index (χ2v) is 9.89. The molecule has 3 aromatic carbocycles. The Balaban J connectivity index is 1.86. The van der Waals surface area contributed by atoms with Gasteiger partial charge in [0.25, 0.3) is 5.91 Å². The van der Waals surface area contributed by atoms with Crippen LogP contribution in [0, 0.1) is 0 Å². The van der Waals surface area contributed by atoms with Gasteiger partial charge in [0.2, 0.25) is 10.0 Å². The van der Waals surface area contributed by atoms with E-state index in [1.807, 2.05) is 54.6 Å². The summed E-state index contributed by atoms with van der Waals surface area (Å²) in [7, 11) is -3.44. The Morgan fingerprint density at radius 1 is 0.968 bits per heavy atom. The van der Waals surface area contributed by atoms with Crippen LogP contribution in [0.4, 0.5) is 17.1 Å². The molecule has 158 valence electrons. The standard InChI is InChI=1S/C23H20BrN3O3S/c1-2-31(29,30)27-18-12-13-20-19(14-18)21(23(28)26-20)22(15-6-4-3-5-7-15)25-17-10-8-16(24)9-11-17/h3-14,25,27H,2H2,1H3,(H,26,28)/b22-21+. The monoisotopic (exact) mass is 497 g/mol. The summed E-state index contributed by atoms with van der Waals surface area (Å²) in [5.74, 6) is -0.293. The molecule has 1 aliphatic rings. The number of sulfonamides is 1.